The summed E-state index contributed by atoms with van der Waals surface area (Å²) in [4.78, 5) is 0. The van der Waals surface area contributed by atoms with Gasteiger partial charge < -0.3 is 0 Å². The third-order valence-corrected chi connectivity index (χ3v) is 8.34. The van der Waals surface area contributed by atoms with Crippen molar-refractivity contribution in [2.75, 3.05) is 0 Å². The number of allylic oxidation sites excluding steroid dienone is 2. The smallest absolute Gasteiger partial charge is 0.162 e. The molecule has 4 rings (SSSR count). The minimum absolute atomic E-state index is 0.207. The fourth-order valence-corrected chi connectivity index (χ4v) is 6.71. The van der Waals surface area contributed by atoms with Gasteiger partial charge in [-0.05, 0) is 125 Å². The van der Waals surface area contributed by atoms with Gasteiger partial charge in [0.15, 0.2) is 11.6 Å². The first-order valence-corrected chi connectivity index (χ1v) is 11.6. The molecule has 3 fully saturated rings. The number of benzene rings is 1. The van der Waals surface area contributed by atoms with Gasteiger partial charge in [0, 0.05) is 0 Å². The van der Waals surface area contributed by atoms with Crippen LogP contribution in [0.25, 0.3) is 0 Å². The van der Waals surface area contributed by atoms with Crippen LogP contribution in [-0.2, 0) is 0 Å². The molecule has 1 aromatic carbocycles. The first-order valence-electron chi connectivity index (χ1n) is 11.6. The number of hydrogen-bond donors (Lipinski definition) is 0. The van der Waals surface area contributed by atoms with Crippen LogP contribution in [-0.4, -0.2) is 0 Å². The summed E-state index contributed by atoms with van der Waals surface area (Å²) in [6.07, 6.45) is 17.6. The lowest BCUT2D eigenvalue weighted by Crippen LogP contribution is -2.34. The maximum absolute atomic E-state index is 14.4. The molecular weight excluding hydrogens is 350 g/mol. The molecule has 0 radical (unpaired) electrons. The van der Waals surface area contributed by atoms with Gasteiger partial charge in [-0.3, -0.25) is 0 Å². The van der Waals surface area contributed by atoms with E-state index in [-0.39, 0.29) is 5.92 Å². The Morgan fingerprint density at radius 2 is 1.36 bits per heavy atom. The summed E-state index contributed by atoms with van der Waals surface area (Å²) >= 11 is 0. The van der Waals surface area contributed by atoms with E-state index in [9.17, 15) is 8.78 Å². The Kier molecular flexibility index (Phi) is 6.23. The molecule has 0 nitrogen and oxygen atoms in total. The Morgan fingerprint density at radius 3 is 2.07 bits per heavy atom. The van der Waals surface area contributed by atoms with E-state index in [0.29, 0.717) is 11.1 Å². The molecule has 4 unspecified atom stereocenters. The molecule has 0 spiro atoms. The van der Waals surface area contributed by atoms with E-state index >= 15 is 0 Å². The van der Waals surface area contributed by atoms with Gasteiger partial charge in [0.25, 0.3) is 0 Å². The number of rotatable bonds is 3. The fraction of sp³-hybridized carbons (Fsp3) is 0.692. The Morgan fingerprint density at radius 1 is 0.750 bits per heavy atom. The highest BCUT2D eigenvalue weighted by Gasteiger charge is 2.38. The SMILES string of the molecule is C/C=C/C1CCC2CC(C3CCC(c4ccc(C)c(F)c4F)CC3)CCC2C1. The molecule has 0 saturated heterocycles. The molecule has 0 aliphatic heterocycles. The van der Waals surface area contributed by atoms with Crippen molar-refractivity contribution in [3.05, 3.63) is 47.0 Å². The summed E-state index contributed by atoms with van der Waals surface area (Å²) < 4.78 is 28.4. The Balaban J connectivity index is 1.32. The summed E-state index contributed by atoms with van der Waals surface area (Å²) in [6, 6.07) is 3.57. The maximum atomic E-state index is 14.4. The van der Waals surface area contributed by atoms with Gasteiger partial charge >= 0.3 is 0 Å². The van der Waals surface area contributed by atoms with E-state index in [4.69, 9.17) is 0 Å². The van der Waals surface area contributed by atoms with E-state index in [0.717, 1.165) is 42.4 Å². The quantitative estimate of drug-likeness (QED) is 0.462. The first-order chi connectivity index (χ1) is 13.6. The van der Waals surface area contributed by atoms with Crippen LogP contribution in [0.4, 0.5) is 8.78 Å². The van der Waals surface area contributed by atoms with Crippen molar-refractivity contribution in [2.45, 2.75) is 84.0 Å². The van der Waals surface area contributed by atoms with Crippen molar-refractivity contribution in [1.82, 2.24) is 0 Å². The van der Waals surface area contributed by atoms with Crippen molar-refractivity contribution < 1.29 is 8.78 Å². The molecular formula is C26H36F2. The largest absolute Gasteiger partial charge is 0.203 e. The Bertz CT molecular complexity index is 699. The zero-order valence-electron chi connectivity index (χ0n) is 17.6. The monoisotopic (exact) mass is 386 g/mol. The van der Waals surface area contributed by atoms with Crippen molar-refractivity contribution in [2.24, 2.45) is 29.6 Å². The highest BCUT2D eigenvalue weighted by molar-refractivity contribution is 5.28. The van der Waals surface area contributed by atoms with Crippen molar-refractivity contribution in [3.63, 3.8) is 0 Å². The third kappa shape index (κ3) is 4.07. The second-order valence-corrected chi connectivity index (χ2v) is 9.90. The average Bonchev–Trinajstić information content (AvgIpc) is 2.72. The predicted octanol–water partition coefficient (Wildman–Crippen LogP) is 7.96. The maximum Gasteiger partial charge on any atom is 0.162 e. The summed E-state index contributed by atoms with van der Waals surface area (Å²) in [7, 11) is 0. The van der Waals surface area contributed by atoms with E-state index in [1.807, 2.05) is 6.07 Å². The molecule has 3 aliphatic rings. The number of hydrogen-bond acceptors (Lipinski definition) is 0. The molecule has 3 aliphatic carbocycles. The number of aryl methyl sites for hydroxylation is 1. The van der Waals surface area contributed by atoms with Gasteiger partial charge in [0.2, 0.25) is 0 Å². The predicted molar refractivity (Wildman–Crippen MR) is 112 cm³/mol. The molecule has 0 N–H and O–H groups in total. The molecule has 4 atom stereocenters. The Labute approximate surface area is 169 Å². The van der Waals surface area contributed by atoms with Crippen LogP contribution in [0, 0.1) is 48.1 Å². The van der Waals surface area contributed by atoms with Gasteiger partial charge in [-0.1, -0.05) is 24.3 Å². The van der Waals surface area contributed by atoms with Crippen LogP contribution in [0.2, 0.25) is 0 Å². The topological polar surface area (TPSA) is 0 Å². The zero-order valence-corrected chi connectivity index (χ0v) is 17.6. The number of halogens is 2. The lowest BCUT2D eigenvalue weighted by Gasteiger charge is -2.45. The molecule has 0 bridgehead atoms. The van der Waals surface area contributed by atoms with Crippen LogP contribution >= 0.6 is 0 Å². The number of fused-ring (bicyclic) bond motifs is 1. The molecule has 154 valence electrons. The zero-order chi connectivity index (χ0) is 19.7. The van der Waals surface area contributed by atoms with E-state index in [1.54, 1.807) is 13.0 Å². The lowest BCUT2D eigenvalue weighted by molar-refractivity contribution is 0.0717. The van der Waals surface area contributed by atoms with Gasteiger partial charge in [-0.15, -0.1) is 0 Å². The van der Waals surface area contributed by atoms with Crippen LogP contribution in [0.5, 0.6) is 0 Å². The van der Waals surface area contributed by atoms with Crippen molar-refractivity contribution >= 4 is 0 Å². The second-order valence-electron chi connectivity index (χ2n) is 9.90. The average molecular weight is 387 g/mol. The van der Waals surface area contributed by atoms with Gasteiger partial charge in [-0.2, -0.15) is 0 Å². The highest BCUT2D eigenvalue weighted by atomic mass is 19.2. The molecule has 3 saturated carbocycles. The summed E-state index contributed by atoms with van der Waals surface area (Å²) in [5.41, 5.74) is 1.03. The van der Waals surface area contributed by atoms with Crippen molar-refractivity contribution in [3.8, 4) is 0 Å². The Hall–Kier alpha value is -1.18. The molecule has 0 aromatic heterocycles. The van der Waals surface area contributed by atoms with E-state index in [1.165, 1.54) is 51.4 Å². The molecule has 28 heavy (non-hydrogen) atoms. The van der Waals surface area contributed by atoms with Gasteiger partial charge in [0.05, 0.1) is 0 Å². The first kappa shape index (κ1) is 20.1. The van der Waals surface area contributed by atoms with Crippen LogP contribution in [0.3, 0.4) is 0 Å². The summed E-state index contributed by atoms with van der Waals surface area (Å²) in [5, 5.41) is 0. The van der Waals surface area contributed by atoms with Gasteiger partial charge in [-0.25, -0.2) is 8.78 Å². The van der Waals surface area contributed by atoms with Crippen LogP contribution in [0.1, 0.15) is 88.2 Å². The molecule has 0 heterocycles. The molecule has 2 heteroatoms. The normalized spacial score (nSPS) is 36.4. The van der Waals surface area contributed by atoms with Gasteiger partial charge in [0.1, 0.15) is 0 Å². The van der Waals surface area contributed by atoms with Crippen molar-refractivity contribution in [1.29, 1.82) is 0 Å². The van der Waals surface area contributed by atoms with Crippen LogP contribution in [0.15, 0.2) is 24.3 Å². The molecule has 1 aromatic rings. The second kappa shape index (κ2) is 8.67. The van der Waals surface area contributed by atoms with Crippen LogP contribution < -0.4 is 0 Å². The lowest BCUT2D eigenvalue weighted by atomic mass is 9.61. The third-order valence-electron chi connectivity index (χ3n) is 8.34. The summed E-state index contributed by atoms with van der Waals surface area (Å²) in [5.74, 6) is 3.37. The minimum atomic E-state index is -0.647. The highest BCUT2D eigenvalue weighted by Crippen LogP contribution is 2.50. The van der Waals surface area contributed by atoms with E-state index in [2.05, 4.69) is 19.1 Å². The minimum Gasteiger partial charge on any atom is -0.203 e. The van der Waals surface area contributed by atoms with E-state index < -0.39 is 11.6 Å². The standard InChI is InChI=1S/C26H36F2/c1-3-4-18-6-7-23-16-22(13-12-21(23)15-18)19-8-10-20(11-9-19)24-14-5-17(2)25(27)26(24)28/h3-5,14,18-23H,6-13,15-16H2,1-2H3/b4-3+. The molecule has 0 amide bonds. The fourth-order valence-electron chi connectivity index (χ4n) is 6.71. The summed E-state index contributed by atoms with van der Waals surface area (Å²) in [6.45, 7) is 3.79.